The number of carboxylic acid groups (broad SMARTS) is 1. The molecule has 1 atom stereocenters. The number of amides is 3. The highest BCUT2D eigenvalue weighted by atomic mass is 32.3. The van der Waals surface area contributed by atoms with Crippen LogP contribution >= 0.6 is 10.9 Å². The van der Waals surface area contributed by atoms with E-state index in [-0.39, 0.29) is 42.1 Å². The highest BCUT2D eigenvalue weighted by molar-refractivity contribution is 8.19. The third-order valence-corrected chi connectivity index (χ3v) is 10.4. The van der Waals surface area contributed by atoms with Crippen molar-refractivity contribution < 1.29 is 37.9 Å². The van der Waals surface area contributed by atoms with Gasteiger partial charge < -0.3 is 44.2 Å². The Labute approximate surface area is 335 Å². The van der Waals surface area contributed by atoms with E-state index in [1.165, 1.54) is 23.4 Å². The summed E-state index contributed by atoms with van der Waals surface area (Å²) >= 11 is 0. The van der Waals surface area contributed by atoms with Crippen LogP contribution in [-0.4, -0.2) is 99.6 Å². The van der Waals surface area contributed by atoms with E-state index in [0.717, 1.165) is 30.3 Å². The number of aromatic amines is 1. The summed E-state index contributed by atoms with van der Waals surface area (Å²) in [5.41, 5.74) is 6.80. The van der Waals surface area contributed by atoms with Gasteiger partial charge >= 0.3 is 5.97 Å². The molecule has 58 heavy (non-hydrogen) atoms. The number of fused-ring (bicyclic) bond motifs is 2. The topological polar surface area (TPSA) is 246 Å². The van der Waals surface area contributed by atoms with Crippen LogP contribution < -0.4 is 16.1 Å². The molecule has 5 aromatic rings. The number of para-hydroxylation sites is 2. The summed E-state index contributed by atoms with van der Waals surface area (Å²) in [7, 11) is -2.31. The summed E-state index contributed by atoms with van der Waals surface area (Å²) in [6, 6.07) is 21.2. The number of rotatable bonds is 17. The molecule has 0 radical (unpaired) electrons. The number of unbranched alkanes of at least 4 members (excludes halogenated alkanes) is 3. The molecular weight excluding hydrogens is 767 g/mol. The minimum absolute atomic E-state index is 0.0578. The van der Waals surface area contributed by atoms with Crippen LogP contribution in [0.15, 0.2) is 95.1 Å². The van der Waals surface area contributed by atoms with Gasteiger partial charge in [-0.2, -0.15) is 5.10 Å². The maximum atomic E-state index is 14.1. The lowest BCUT2D eigenvalue weighted by Crippen LogP contribution is -2.39. The monoisotopic (exact) mass is 811 g/mol. The summed E-state index contributed by atoms with van der Waals surface area (Å²) in [5.74, 6) is -0.917. The van der Waals surface area contributed by atoms with Crippen LogP contribution in [0.3, 0.4) is 0 Å². The second-order valence-corrected chi connectivity index (χ2v) is 15.3. The van der Waals surface area contributed by atoms with Crippen molar-refractivity contribution in [2.45, 2.75) is 56.1 Å². The predicted octanol–water partition coefficient (Wildman–Crippen LogP) is 5.85. The fourth-order valence-corrected chi connectivity index (χ4v) is 7.24. The van der Waals surface area contributed by atoms with E-state index in [4.69, 9.17) is 0 Å². The van der Waals surface area contributed by atoms with Crippen molar-refractivity contribution in [1.82, 2.24) is 30.1 Å². The first-order valence-corrected chi connectivity index (χ1v) is 20.1. The fraction of sp³-hybridized carbons (Fsp3) is 0.275. The van der Waals surface area contributed by atoms with Gasteiger partial charge in [-0.1, -0.05) is 43.2 Å². The smallest absolute Gasteiger partial charge is 0.305 e. The number of aliphatic carboxylic acids is 1. The molecule has 0 aliphatic carbocycles. The Bertz CT molecular complexity index is 2260. The zero-order chi connectivity index (χ0) is 41.2. The van der Waals surface area contributed by atoms with Gasteiger partial charge in [-0.25, -0.2) is 9.97 Å². The maximum absolute atomic E-state index is 14.1. The largest absolute Gasteiger partial charge is 0.481 e. The number of carbonyl (C=O) groups excluding carboxylic acids is 3. The zero-order valence-corrected chi connectivity index (χ0v) is 32.5. The van der Waals surface area contributed by atoms with Crippen LogP contribution in [0, 0.1) is 0 Å². The summed E-state index contributed by atoms with van der Waals surface area (Å²) in [4.78, 5) is 66.4. The molecule has 18 heteroatoms. The molecule has 304 valence electrons. The summed E-state index contributed by atoms with van der Waals surface area (Å²) in [6.07, 6.45) is 5.40. The average molecular weight is 812 g/mol. The van der Waals surface area contributed by atoms with Gasteiger partial charge in [-0.05, 0) is 66.9 Å². The van der Waals surface area contributed by atoms with Crippen molar-refractivity contribution in [3.8, 4) is 0 Å². The van der Waals surface area contributed by atoms with E-state index in [1.807, 2.05) is 24.3 Å². The number of hydrogen-bond acceptors (Lipinski definition) is 12. The zero-order valence-electron chi connectivity index (χ0n) is 31.7. The SMILES string of the molecule is CN1Cc2cc(C(=O)N(CCCCCCNC(=O)c3ccc(N/N=C/c4ccccc4S(O)(O)O)nc3)Cc3nc4ccccc4[nH]3)ccc2NC(CC(=O)O)C1=O. The van der Waals surface area contributed by atoms with Crippen LogP contribution in [0.25, 0.3) is 11.0 Å². The quantitative estimate of drug-likeness (QED) is 0.0313. The van der Waals surface area contributed by atoms with Crippen molar-refractivity contribution in [3.05, 3.63) is 113 Å². The predicted molar refractivity (Wildman–Crippen MR) is 220 cm³/mol. The van der Waals surface area contributed by atoms with Crippen LogP contribution in [0.4, 0.5) is 11.5 Å². The molecule has 1 aliphatic rings. The van der Waals surface area contributed by atoms with Crippen molar-refractivity contribution in [2.75, 3.05) is 30.9 Å². The number of carboxylic acids is 1. The number of nitrogens with zero attached hydrogens (tertiary/aromatic N) is 5. The third kappa shape index (κ3) is 10.7. The van der Waals surface area contributed by atoms with Gasteiger partial charge in [0, 0.05) is 49.7 Å². The van der Waals surface area contributed by atoms with Crippen LogP contribution in [0.5, 0.6) is 0 Å². The first-order chi connectivity index (χ1) is 27.9. The van der Waals surface area contributed by atoms with Gasteiger partial charge in [0.25, 0.3) is 11.8 Å². The molecule has 3 aromatic carbocycles. The van der Waals surface area contributed by atoms with Crippen LogP contribution in [0.1, 0.15) is 69.8 Å². The lowest BCUT2D eigenvalue weighted by atomic mass is 10.1. The Morgan fingerprint density at radius 1 is 0.983 bits per heavy atom. The molecule has 0 saturated carbocycles. The molecular formula is C40H45N9O8S. The molecule has 3 heterocycles. The Kier molecular flexibility index (Phi) is 13.3. The van der Waals surface area contributed by atoms with Gasteiger partial charge in [0.1, 0.15) is 28.6 Å². The van der Waals surface area contributed by atoms with Crippen LogP contribution in [-0.2, 0) is 22.7 Å². The van der Waals surface area contributed by atoms with E-state index in [1.54, 1.807) is 60.5 Å². The molecule has 2 aromatic heterocycles. The van der Waals surface area contributed by atoms with E-state index >= 15 is 0 Å². The van der Waals surface area contributed by atoms with Crippen molar-refractivity contribution in [1.29, 1.82) is 0 Å². The fourth-order valence-electron chi connectivity index (χ4n) is 6.54. The number of pyridine rings is 1. The molecule has 0 bridgehead atoms. The molecule has 6 rings (SSSR count). The molecule has 0 fully saturated rings. The van der Waals surface area contributed by atoms with E-state index in [2.05, 4.69) is 36.1 Å². The number of anilines is 2. The number of hydrogen-bond donors (Lipinski definition) is 8. The summed E-state index contributed by atoms with van der Waals surface area (Å²) in [5, 5.41) is 19.3. The molecule has 1 unspecified atom stereocenters. The van der Waals surface area contributed by atoms with E-state index in [9.17, 15) is 37.9 Å². The van der Waals surface area contributed by atoms with Gasteiger partial charge in [-0.15, -0.1) is 0 Å². The molecule has 17 nitrogen and oxygen atoms in total. The highest BCUT2D eigenvalue weighted by Gasteiger charge is 2.30. The van der Waals surface area contributed by atoms with Gasteiger partial charge in [-0.3, -0.25) is 24.6 Å². The number of hydrazone groups is 1. The van der Waals surface area contributed by atoms with Crippen molar-refractivity contribution in [2.24, 2.45) is 5.10 Å². The summed E-state index contributed by atoms with van der Waals surface area (Å²) < 4.78 is 28.8. The van der Waals surface area contributed by atoms with Gasteiger partial charge in [0.05, 0.1) is 40.7 Å². The lowest BCUT2D eigenvalue weighted by Gasteiger charge is -2.23. The second-order valence-electron chi connectivity index (χ2n) is 13.8. The Hall–Kier alpha value is -6.34. The Morgan fingerprint density at radius 2 is 1.74 bits per heavy atom. The minimum atomic E-state index is -3.92. The number of benzene rings is 3. The number of carbonyl (C=O) groups is 4. The number of nitrogens with one attached hydrogen (secondary N) is 4. The molecule has 0 spiro atoms. The van der Waals surface area contributed by atoms with E-state index < -0.39 is 22.9 Å². The van der Waals surface area contributed by atoms with Crippen molar-refractivity contribution >= 4 is 63.3 Å². The van der Waals surface area contributed by atoms with E-state index in [0.29, 0.717) is 59.1 Å². The second kappa shape index (κ2) is 18.7. The van der Waals surface area contributed by atoms with Gasteiger partial charge in [0.15, 0.2) is 0 Å². The van der Waals surface area contributed by atoms with Crippen LogP contribution in [0.2, 0.25) is 0 Å². The lowest BCUT2D eigenvalue weighted by molar-refractivity contribution is -0.141. The number of H-pyrrole nitrogens is 1. The Morgan fingerprint density at radius 3 is 2.50 bits per heavy atom. The number of imidazole rings is 1. The molecule has 1 aliphatic heterocycles. The number of likely N-dealkylation sites (N-methyl/N-ethyl adjacent to an activating group) is 1. The van der Waals surface area contributed by atoms with Crippen molar-refractivity contribution in [3.63, 3.8) is 0 Å². The molecule has 3 amide bonds. The average Bonchev–Trinajstić information content (AvgIpc) is 3.57. The number of aromatic nitrogens is 3. The normalized spacial score (nSPS) is 14.4. The van der Waals surface area contributed by atoms with Gasteiger partial charge in [0.2, 0.25) is 5.91 Å². The Balaban J connectivity index is 1.00. The summed E-state index contributed by atoms with van der Waals surface area (Å²) in [6.45, 7) is 1.36. The highest BCUT2D eigenvalue weighted by Crippen LogP contribution is 2.44. The first kappa shape index (κ1) is 41.3. The standard InChI is InChI=1S/C40H45N9O8S/c1-48-24-29-20-26(14-16-30(29)44-33(40(48)54)21-37(50)51)39(53)49(25-36-45-31-11-5-6-12-32(31)46-36)19-9-3-2-8-18-41-38(52)28-15-17-35(42-22-28)47-43-23-27-10-4-7-13-34(27)58(55,56)57/h4-7,10-17,20,22-23,33,44,55-57H,2-3,8-9,18-19,21,24-25H2,1H3,(H,41,52)(H,42,47)(H,45,46)(H,50,51)/b43-23+. The first-order valence-electron chi connectivity index (χ1n) is 18.6. The minimum Gasteiger partial charge on any atom is -0.481 e. The molecule has 8 N–H and O–H groups in total. The molecule has 0 saturated heterocycles. The third-order valence-electron chi connectivity index (χ3n) is 9.47. The maximum Gasteiger partial charge on any atom is 0.305 e.